The Labute approximate surface area is 103 Å². The van der Waals surface area contributed by atoms with E-state index in [0.717, 1.165) is 18.5 Å². The molecule has 1 aromatic rings. The van der Waals surface area contributed by atoms with Crippen LogP contribution < -0.4 is 4.72 Å². The second-order valence-electron chi connectivity index (χ2n) is 4.10. The zero-order chi connectivity index (χ0) is 13.1. The molecule has 0 bridgehead atoms. The number of sulfonamides is 1. The lowest BCUT2D eigenvalue weighted by atomic mass is 10.4. The van der Waals surface area contributed by atoms with Crippen molar-refractivity contribution in [2.75, 3.05) is 6.54 Å². The van der Waals surface area contributed by atoms with Crippen LogP contribution in [-0.2, 0) is 16.6 Å². The average molecular weight is 257 g/mol. The van der Waals surface area contributed by atoms with Crippen LogP contribution in [0, 0.1) is 6.92 Å². The van der Waals surface area contributed by atoms with Gasteiger partial charge in [0.25, 0.3) is 10.0 Å². The molecule has 1 aromatic heterocycles. The summed E-state index contributed by atoms with van der Waals surface area (Å²) in [5.41, 5.74) is 0.762. The van der Waals surface area contributed by atoms with Gasteiger partial charge >= 0.3 is 0 Å². The highest BCUT2D eigenvalue weighted by atomic mass is 32.2. The fourth-order valence-electron chi connectivity index (χ4n) is 1.37. The standard InChI is InChI=1S/C11H19N3O2S/c1-5-6-14-8-11(13-10(14)4)17(15,16)12-7-9(2)3/h8,12H,2,5-7H2,1,3-4H3. The van der Waals surface area contributed by atoms with Gasteiger partial charge in [0.2, 0.25) is 0 Å². The van der Waals surface area contributed by atoms with Crippen LogP contribution in [-0.4, -0.2) is 24.5 Å². The third-order valence-corrected chi connectivity index (χ3v) is 3.53. The number of aryl methyl sites for hydroxylation is 2. The normalized spacial score (nSPS) is 11.7. The first-order chi connectivity index (χ1) is 7.86. The fraction of sp³-hybridized carbons (Fsp3) is 0.545. The molecular formula is C11H19N3O2S. The van der Waals surface area contributed by atoms with Crippen LogP contribution in [0.2, 0.25) is 0 Å². The molecule has 0 spiro atoms. The van der Waals surface area contributed by atoms with E-state index in [0.29, 0.717) is 5.82 Å². The Bertz CT molecular complexity index is 503. The third kappa shape index (κ3) is 3.67. The van der Waals surface area contributed by atoms with Crippen molar-refractivity contribution in [3.05, 3.63) is 24.2 Å². The lowest BCUT2D eigenvalue weighted by Gasteiger charge is -2.02. The van der Waals surface area contributed by atoms with E-state index in [4.69, 9.17) is 0 Å². The van der Waals surface area contributed by atoms with E-state index >= 15 is 0 Å². The summed E-state index contributed by atoms with van der Waals surface area (Å²) in [5.74, 6) is 0.711. The highest BCUT2D eigenvalue weighted by Gasteiger charge is 2.18. The largest absolute Gasteiger partial charge is 0.334 e. The number of nitrogens with one attached hydrogen (secondary N) is 1. The zero-order valence-electron chi connectivity index (χ0n) is 10.5. The van der Waals surface area contributed by atoms with Crippen LogP contribution >= 0.6 is 0 Å². The summed E-state index contributed by atoms with van der Waals surface area (Å²) in [5, 5.41) is 0.0738. The highest BCUT2D eigenvalue weighted by molar-refractivity contribution is 7.89. The number of hydrogen-bond donors (Lipinski definition) is 1. The van der Waals surface area contributed by atoms with Crippen molar-refractivity contribution in [3.63, 3.8) is 0 Å². The van der Waals surface area contributed by atoms with Gasteiger partial charge in [0.05, 0.1) is 0 Å². The highest BCUT2D eigenvalue weighted by Crippen LogP contribution is 2.09. The summed E-state index contributed by atoms with van der Waals surface area (Å²) in [6.07, 6.45) is 2.51. The van der Waals surface area contributed by atoms with Gasteiger partial charge in [-0.25, -0.2) is 18.1 Å². The zero-order valence-corrected chi connectivity index (χ0v) is 11.3. The van der Waals surface area contributed by atoms with E-state index in [-0.39, 0.29) is 11.6 Å². The first kappa shape index (κ1) is 13.9. The summed E-state index contributed by atoms with van der Waals surface area (Å²) in [6.45, 7) is 10.3. The Morgan fingerprint density at radius 3 is 2.76 bits per heavy atom. The summed E-state index contributed by atoms with van der Waals surface area (Å²) < 4.78 is 28.1. The summed E-state index contributed by atoms with van der Waals surface area (Å²) >= 11 is 0. The van der Waals surface area contributed by atoms with Crippen LogP contribution in [0.3, 0.4) is 0 Å². The van der Waals surface area contributed by atoms with E-state index in [1.165, 1.54) is 0 Å². The molecule has 0 fully saturated rings. The molecular weight excluding hydrogens is 238 g/mol. The lowest BCUT2D eigenvalue weighted by Crippen LogP contribution is -2.25. The van der Waals surface area contributed by atoms with Crippen LogP contribution in [0.15, 0.2) is 23.4 Å². The molecule has 1 N–H and O–H groups in total. The minimum atomic E-state index is -3.52. The van der Waals surface area contributed by atoms with Gasteiger partial charge in [-0.3, -0.25) is 0 Å². The molecule has 0 aliphatic carbocycles. The van der Waals surface area contributed by atoms with Crippen molar-refractivity contribution in [2.24, 2.45) is 0 Å². The maximum atomic E-state index is 11.9. The molecule has 6 heteroatoms. The third-order valence-electron chi connectivity index (χ3n) is 2.26. The van der Waals surface area contributed by atoms with E-state index in [9.17, 15) is 8.42 Å². The van der Waals surface area contributed by atoms with E-state index in [1.54, 1.807) is 20.0 Å². The van der Waals surface area contributed by atoms with Gasteiger partial charge < -0.3 is 4.57 Å². The molecule has 17 heavy (non-hydrogen) atoms. The topological polar surface area (TPSA) is 64.0 Å². The first-order valence-electron chi connectivity index (χ1n) is 5.54. The average Bonchev–Trinajstić information content (AvgIpc) is 2.59. The number of imidazole rings is 1. The maximum absolute atomic E-state index is 11.9. The molecule has 0 radical (unpaired) electrons. The molecule has 5 nitrogen and oxygen atoms in total. The Morgan fingerprint density at radius 2 is 2.24 bits per heavy atom. The molecule has 0 atom stereocenters. The maximum Gasteiger partial charge on any atom is 0.259 e. The quantitative estimate of drug-likeness (QED) is 0.785. The SMILES string of the molecule is C=C(C)CNS(=O)(=O)c1cn(CCC)c(C)n1. The molecule has 0 unspecified atom stereocenters. The van der Waals surface area contributed by atoms with Crippen LogP contribution in [0.25, 0.3) is 0 Å². The minimum absolute atomic E-state index is 0.0738. The van der Waals surface area contributed by atoms with Crippen LogP contribution in [0.5, 0.6) is 0 Å². The van der Waals surface area contributed by atoms with Crippen molar-refractivity contribution in [1.82, 2.24) is 14.3 Å². The smallest absolute Gasteiger partial charge is 0.259 e. The van der Waals surface area contributed by atoms with Crippen molar-refractivity contribution in [3.8, 4) is 0 Å². The van der Waals surface area contributed by atoms with Crippen LogP contribution in [0.4, 0.5) is 0 Å². The number of aromatic nitrogens is 2. The molecule has 0 amide bonds. The van der Waals surface area contributed by atoms with Gasteiger partial charge in [-0.1, -0.05) is 19.1 Å². The molecule has 0 aliphatic rings. The minimum Gasteiger partial charge on any atom is -0.334 e. The van der Waals surface area contributed by atoms with E-state index < -0.39 is 10.0 Å². The van der Waals surface area contributed by atoms with Crippen molar-refractivity contribution in [2.45, 2.75) is 38.8 Å². The van der Waals surface area contributed by atoms with Gasteiger partial charge in [-0.2, -0.15) is 0 Å². The van der Waals surface area contributed by atoms with E-state index in [1.807, 2.05) is 11.5 Å². The van der Waals surface area contributed by atoms with E-state index in [2.05, 4.69) is 16.3 Å². The first-order valence-corrected chi connectivity index (χ1v) is 7.03. The second-order valence-corrected chi connectivity index (χ2v) is 5.82. The predicted molar refractivity (Wildman–Crippen MR) is 67.3 cm³/mol. The Balaban J connectivity index is 2.91. The number of nitrogens with zero attached hydrogens (tertiary/aromatic N) is 2. The summed E-state index contributed by atoms with van der Waals surface area (Å²) in [7, 11) is -3.52. The molecule has 1 heterocycles. The van der Waals surface area contributed by atoms with Crippen LogP contribution in [0.1, 0.15) is 26.1 Å². The second kappa shape index (κ2) is 5.46. The molecule has 0 saturated heterocycles. The molecule has 1 rings (SSSR count). The Hall–Kier alpha value is -1.14. The van der Waals surface area contributed by atoms with Gasteiger partial charge in [0.15, 0.2) is 5.03 Å². The Morgan fingerprint density at radius 1 is 1.59 bits per heavy atom. The lowest BCUT2D eigenvalue weighted by molar-refractivity contribution is 0.581. The Kier molecular flexibility index (Phi) is 4.47. The molecule has 0 aromatic carbocycles. The van der Waals surface area contributed by atoms with Gasteiger partial charge in [0.1, 0.15) is 5.82 Å². The molecule has 0 saturated carbocycles. The van der Waals surface area contributed by atoms with Crippen molar-refractivity contribution >= 4 is 10.0 Å². The molecule has 0 aliphatic heterocycles. The molecule has 96 valence electrons. The fourth-order valence-corrected chi connectivity index (χ4v) is 2.47. The summed E-state index contributed by atoms with van der Waals surface area (Å²) in [6, 6.07) is 0. The predicted octanol–water partition coefficient (Wildman–Crippen LogP) is 1.46. The van der Waals surface area contributed by atoms with Crippen molar-refractivity contribution in [1.29, 1.82) is 0 Å². The number of rotatable bonds is 6. The summed E-state index contributed by atoms with van der Waals surface area (Å²) in [4.78, 5) is 4.06. The van der Waals surface area contributed by atoms with Crippen molar-refractivity contribution < 1.29 is 8.42 Å². The number of hydrogen-bond acceptors (Lipinski definition) is 3. The van der Waals surface area contributed by atoms with Gasteiger partial charge in [0, 0.05) is 19.3 Å². The monoisotopic (exact) mass is 257 g/mol. The van der Waals surface area contributed by atoms with Gasteiger partial charge in [-0.15, -0.1) is 0 Å². The van der Waals surface area contributed by atoms with Gasteiger partial charge in [-0.05, 0) is 20.3 Å².